The van der Waals surface area contributed by atoms with Gasteiger partial charge in [0.15, 0.2) is 5.11 Å². The van der Waals surface area contributed by atoms with E-state index >= 15 is 0 Å². The molecule has 0 bridgehead atoms. The molecule has 0 radical (unpaired) electrons. The Kier molecular flexibility index (Phi) is 4.73. The average Bonchev–Trinajstić information content (AvgIpc) is 2.92. The topological polar surface area (TPSA) is 59.7 Å². The number of nitrogens with one attached hydrogen (secondary N) is 2. The smallest absolute Gasteiger partial charge is 0.170 e. The number of thiocarbonyl (C=S) groups is 1. The van der Waals surface area contributed by atoms with E-state index in [1.165, 1.54) is 5.56 Å². The SMILES string of the molecule is Cc1cnn(CCCNC(=S)Nc2cn(C)nc2C)c1. The fourth-order valence-electron chi connectivity index (χ4n) is 1.92. The lowest BCUT2D eigenvalue weighted by Gasteiger charge is -2.09. The van der Waals surface area contributed by atoms with E-state index < -0.39 is 0 Å². The van der Waals surface area contributed by atoms with Crippen molar-refractivity contribution in [3.8, 4) is 0 Å². The first-order valence-corrected chi connectivity index (χ1v) is 6.99. The van der Waals surface area contributed by atoms with Gasteiger partial charge in [0.25, 0.3) is 0 Å². The Morgan fingerprint density at radius 3 is 2.75 bits per heavy atom. The lowest BCUT2D eigenvalue weighted by Crippen LogP contribution is -2.29. The van der Waals surface area contributed by atoms with Crippen LogP contribution < -0.4 is 10.6 Å². The lowest BCUT2D eigenvalue weighted by atomic mass is 10.4. The molecule has 2 aromatic heterocycles. The predicted molar refractivity (Wildman–Crippen MR) is 83.7 cm³/mol. The minimum absolute atomic E-state index is 0.623. The predicted octanol–water partition coefficient (Wildman–Crippen LogP) is 1.61. The number of nitrogens with zero attached hydrogens (tertiary/aromatic N) is 4. The monoisotopic (exact) mass is 292 g/mol. The molecule has 0 aliphatic heterocycles. The summed E-state index contributed by atoms with van der Waals surface area (Å²) in [6, 6.07) is 0. The Balaban J connectivity index is 1.69. The molecule has 0 aliphatic rings. The molecule has 0 aromatic carbocycles. The van der Waals surface area contributed by atoms with Gasteiger partial charge in [0.05, 0.1) is 17.6 Å². The van der Waals surface area contributed by atoms with Crippen LogP contribution in [0.5, 0.6) is 0 Å². The molecule has 0 unspecified atom stereocenters. The van der Waals surface area contributed by atoms with Crippen LogP contribution in [0, 0.1) is 13.8 Å². The number of aromatic nitrogens is 4. The number of aryl methyl sites for hydroxylation is 4. The molecule has 0 atom stereocenters. The number of rotatable bonds is 5. The second-order valence-electron chi connectivity index (χ2n) is 4.82. The van der Waals surface area contributed by atoms with E-state index in [9.17, 15) is 0 Å². The fourth-order valence-corrected chi connectivity index (χ4v) is 2.13. The van der Waals surface area contributed by atoms with E-state index in [4.69, 9.17) is 12.2 Å². The molecule has 7 heteroatoms. The Morgan fingerprint density at radius 2 is 2.15 bits per heavy atom. The Morgan fingerprint density at radius 1 is 1.35 bits per heavy atom. The van der Waals surface area contributed by atoms with Gasteiger partial charge < -0.3 is 10.6 Å². The highest BCUT2D eigenvalue weighted by Gasteiger charge is 2.04. The van der Waals surface area contributed by atoms with E-state index in [0.717, 1.165) is 30.9 Å². The van der Waals surface area contributed by atoms with Gasteiger partial charge in [-0.1, -0.05) is 0 Å². The summed E-state index contributed by atoms with van der Waals surface area (Å²) in [5.74, 6) is 0. The second-order valence-corrected chi connectivity index (χ2v) is 5.23. The van der Waals surface area contributed by atoms with Crippen LogP contribution in [0.15, 0.2) is 18.6 Å². The number of hydrogen-bond acceptors (Lipinski definition) is 3. The van der Waals surface area contributed by atoms with E-state index in [-0.39, 0.29) is 0 Å². The summed E-state index contributed by atoms with van der Waals surface area (Å²) < 4.78 is 3.71. The van der Waals surface area contributed by atoms with Crippen molar-refractivity contribution in [2.24, 2.45) is 7.05 Å². The van der Waals surface area contributed by atoms with Gasteiger partial charge in [-0.2, -0.15) is 10.2 Å². The maximum Gasteiger partial charge on any atom is 0.170 e. The van der Waals surface area contributed by atoms with Crippen LogP contribution in [0.2, 0.25) is 0 Å². The van der Waals surface area contributed by atoms with Gasteiger partial charge in [-0.15, -0.1) is 0 Å². The van der Waals surface area contributed by atoms with Crippen molar-refractivity contribution in [1.29, 1.82) is 0 Å². The molecular weight excluding hydrogens is 272 g/mol. The van der Waals surface area contributed by atoms with Gasteiger partial charge >= 0.3 is 0 Å². The van der Waals surface area contributed by atoms with Crippen molar-refractivity contribution in [1.82, 2.24) is 24.9 Å². The lowest BCUT2D eigenvalue weighted by molar-refractivity contribution is 0.573. The van der Waals surface area contributed by atoms with Gasteiger partial charge in [0.1, 0.15) is 0 Å². The summed E-state index contributed by atoms with van der Waals surface area (Å²) >= 11 is 5.26. The van der Waals surface area contributed by atoms with Crippen LogP contribution in [0.3, 0.4) is 0 Å². The largest absolute Gasteiger partial charge is 0.362 e. The van der Waals surface area contributed by atoms with Crippen LogP contribution in [-0.2, 0) is 13.6 Å². The molecule has 2 heterocycles. The van der Waals surface area contributed by atoms with Crippen LogP contribution in [0.4, 0.5) is 5.69 Å². The van der Waals surface area contributed by atoms with Crippen LogP contribution in [-0.4, -0.2) is 31.2 Å². The van der Waals surface area contributed by atoms with Crippen molar-refractivity contribution in [2.75, 3.05) is 11.9 Å². The highest BCUT2D eigenvalue weighted by molar-refractivity contribution is 7.80. The van der Waals surface area contributed by atoms with Crippen LogP contribution >= 0.6 is 12.2 Å². The Bertz CT molecular complexity index is 585. The van der Waals surface area contributed by atoms with Crippen molar-refractivity contribution in [2.45, 2.75) is 26.8 Å². The summed E-state index contributed by atoms with van der Waals surface area (Å²) in [5.41, 5.74) is 3.05. The molecule has 0 saturated carbocycles. The molecule has 0 fully saturated rings. The normalized spacial score (nSPS) is 10.6. The molecule has 0 aliphatic carbocycles. The first-order chi connectivity index (χ1) is 9.54. The zero-order valence-electron chi connectivity index (χ0n) is 12.1. The molecule has 6 nitrogen and oxygen atoms in total. The zero-order chi connectivity index (χ0) is 14.5. The van der Waals surface area contributed by atoms with Crippen LogP contribution in [0.25, 0.3) is 0 Å². The maximum absolute atomic E-state index is 5.26. The molecular formula is C13H20N6S. The first-order valence-electron chi connectivity index (χ1n) is 6.59. The molecule has 0 saturated heterocycles. The maximum atomic E-state index is 5.26. The number of hydrogen-bond donors (Lipinski definition) is 2. The molecule has 2 rings (SSSR count). The van der Waals surface area contributed by atoms with Crippen molar-refractivity contribution >= 4 is 23.0 Å². The van der Waals surface area contributed by atoms with E-state index in [0.29, 0.717) is 5.11 Å². The number of anilines is 1. The first kappa shape index (κ1) is 14.5. The van der Waals surface area contributed by atoms with Crippen LogP contribution in [0.1, 0.15) is 17.7 Å². The second kappa shape index (κ2) is 6.51. The van der Waals surface area contributed by atoms with Crippen molar-refractivity contribution in [3.63, 3.8) is 0 Å². The minimum Gasteiger partial charge on any atom is -0.362 e. The zero-order valence-corrected chi connectivity index (χ0v) is 12.9. The molecule has 0 amide bonds. The molecule has 108 valence electrons. The van der Waals surface area contributed by atoms with E-state index in [2.05, 4.69) is 20.8 Å². The summed E-state index contributed by atoms with van der Waals surface area (Å²) in [6.45, 7) is 5.68. The standard InChI is InChI=1S/C13H20N6S/c1-10-7-15-19(8-10)6-4-5-14-13(20)16-12-9-18(3)17-11(12)2/h7-9H,4-6H2,1-3H3,(H2,14,16,20). The Labute approximate surface area is 124 Å². The van der Waals surface area contributed by atoms with Gasteiger partial charge in [0, 0.05) is 32.5 Å². The molecule has 0 spiro atoms. The van der Waals surface area contributed by atoms with E-state index in [1.54, 1.807) is 4.68 Å². The minimum atomic E-state index is 0.623. The van der Waals surface area contributed by atoms with Gasteiger partial charge in [-0.25, -0.2) is 0 Å². The third-order valence-electron chi connectivity index (χ3n) is 2.87. The van der Waals surface area contributed by atoms with Crippen molar-refractivity contribution in [3.05, 3.63) is 29.8 Å². The highest BCUT2D eigenvalue weighted by Crippen LogP contribution is 2.10. The molecule has 2 N–H and O–H groups in total. The average molecular weight is 292 g/mol. The third kappa shape index (κ3) is 4.06. The Hall–Kier alpha value is -1.89. The van der Waals surface area contributed by atoms with Crippen molar-refractivity contribution < 1.29 is 0 Å². The summed E-state index contributed by atoms with van der Waals surface area (Å²) in [7, 11) is 1.89. The van der Waals surface area contributed by atoms with Gasteiger partial charge in [-0.3, -0.25) is 9.36 Å². The third-order valence-corrected chi connectivity index (χ3v) is 3.12. The highest BCUT2D eigenvalue weighted by atomic mass is 32.1. The van der Waals surface area contributed by atoms with Gasteiger partial charge in [-0.05, 0) is 38.0 Å². The van der Waals surface area contributed by atoms with Gasteiger partial charge in [0.2, 0.25) is 0 Å². The quantitative estimate of drug-likeness (QED) is 0.648. The summed E-state index contributed by atoms with van der Waals surface area (Å²) in [5, 5.41) is 15.5. The van der Waals surface area contributed by atoms with E-state index in [1.807, 2.05) is 44.2 Å². The summed E-state index contributed by atoms with van der Waals surface area (Å²) in [4.78, 5) is 0. The fraction of sp³-hybridized carbons (Fsp3) is 0.462. The summed E-state index contributed by atoms with van der Waals surface area (Å²) in [6.07, 6.45) is 6.78. The molecule has 20 heavy (non-hydrogen) atoms. The molecule has 2 aromatic rings.